The van der Waals surface area contributed by atoms with Crippen molar-refractivity contribution < 1.29 is 5.11 Å². The molecule has 1 aliphatic carbocycles. The number of rotatable bonds is 3. The highest BCUT2D eigenvalue weighted by molar-refractivity contribution is 4.95. The highest BCUT2D eigenvalue weighted by Crippen LogP contribution is 2.27. The minimum Gasteiger partial charge on any atom is -0.392 e. The van der Waals surface area contributed by atoms with Gasteiger partial charge >= 0.3 is 0 Å². The SMILES string of the molecule is Cn1cc(CC(O)C2CCCCC2)nn1. The van der Waals surface area contributed by atoms with Gasteiger partial charge in [-0.1, -0.05) is 24.5 Å². The fraction of sp³-hybridized carbons (Fsp3) is 0.818. The first-order valence-electron chi connectivity index (χ1n) is 5.79. The summed E-state index contributed by atoms with van der Waals surface area (Å²) in [7, 11) is 1.85. The van der Waals surface area contributed by atoms with Gasteiger partial charge in [0, 0.05) is 19.7 Å². The fourth-order valence-corrected chi connectivity index (χ4v) is 2.39. The van der Waals surface area contributed by atoms with Crippen molar-refractivity contribution in [1.82, 2.24) is 15.0 Å². The van der Waals surface area contributed by atoms with Crippen molar-refractivity contribution in [3.8, 4) is 0 Å². The van der Waals surface area contributed by atoms with Gasteiger partial charge in [-0.15, -0.1) is 5.10 Å². The molecule has 1 aromatic rings. The number of aliphatic hydroxyl groups excluding tert-OH is 1. The predicted octanol–water partition coefficient (Wildman–Crippen LogP) is 1.30. The first kappa shape index (κ1) is 10.6. The summed E-state index contributed by atoms with van der Waals surface area (Å²) >= 11 is 0. The summed E-state index contributed by atoms with van der Waals surface area (Å²) in [6.07, 6.45) is 8.49. The van der Waals surface area contributed by atoms with E-state index in [-0.39, 0.29) is 6.10 Å². The molecule has 2 rings (SSSR count). The molecule has 4 nitrogen and oxygen atoms in total. The predicted molar refractivity (Wildman–Crippen MR) is 57.3 cm³/mol. The monoisotopic (exact) mass is 209 g/mol. The fourth-order valence-electron chi connectivity index (χ4n) is 2.39. The third kappa shape index (κ3) is 2.78. The Morgan fingerprint density at radius 3 is 2.80 bits per heavy atom. The second kappa shape index (κ2) is 4.75. The van der Waals surface area contributed by atoms with Crippen molar-refractivity contribution in [3.63, 3.8) is 0 Å². The van der Waals surface area contributed by atoms with Crippen molar-refractivity contribution >= 4 is 0 Å². The summed E-state index contributed by atoms with van der Waals surface area (Å²) in [6.45, 7) is 0. The molecule has 1 atom stereocenters. The van der Waals surface area contributed by atoms with Crippen LogP contribution in [0.15, 0.2) is 6.20 Å². The number of nitrogens with zero attached hydrogens (tertiary/aromatic N) is 3. The van der Waals surface area contributed by atoms with E-state index >= 15 is 0 Å². The minimum atomic E-state index is -0.234. The summed E-state index contributed by atoms with van der Waals surface area (Å²) < 4.78 is 1.68. The van der Waals surface area contributed by atoms with Crippen LogP contribution < -0.4 is 0 Å². The van der Waals surface area contributed by atoms with Crippen LogP contribution in [0.5, 0.6) is 0 Å². The van der Waals surface area contributed by atoms with Crippen LogP contribution in [0.3, 0.4) is 0 Å². The van der Waals surface area contributed by atoms with E-state index in [2.05, 4.69) is 10.3 Å². The Labute approximate surface area is 90.3 Å². The third-order valence-electron chi connectivity index (χ3n) is 3.26. The Morgan fingerprint density at radius 1 is 1.47 bits per heavy atom. The Morgan fingerprint density at radius 2 is 2.20 bits per heavy atom. The topological polar surface area (TPSA) is 50.9 Å². The zero-order valence-electron chi connectivity index (χ0n) is 9.26. The van der Waals surface area contributed by atoms with E-state index in [1.807, 2.05) is 13.2 Å². The molecule has 0 spiro atoms. The van der Waals surface area contributed by atoms with Crippen molar-refractivity contribution in [2.75, 3.05) is 0 Å². The van der Waals surface area contributed by atoms with Gasteiger partial charge in [0.2, 0.25) is 0 Å². The molecule has 4 heteroatoms. The molecule has 0 bridgehead atoms. The van der Waals surface area contributed by atoms with Gasteiger partial charge < -0.3 is 5.11 Å². The Kier molecular flexibility index (Phi) is 3.36. The quantitative estimate of drug-likeness (QED) is 0.816. The number of aliphatic hydroxyl groups is 1. The summed E-state index contributed by atoms with van der Waals surface area (Å²) in [4.78, 5) is 0. The largest absolute Gasteiger partial charge is 0.392 e. The van der Waals surface area contributed by atoms with Crippen LogP contribution in [0.25, 0.3) is 0 Å². The van der Waals surface area contributed by atoms with E-state index in [9.17, 15) is 5.11 Å². The number of aryl methyl sites for hydroxylation is 1. The van der Waals surface area contributed by atoms with Crippen LogP contribution in [0.4, 0.5) is 0 Å². The Bertz CT molecular complexity index is 305. The lowest BCUT2D eigenvalue weighted by Gasteiger charge is -2.25. The molecule has 1 aromatic heterocycles. The highest BCUT2D eigenvalue weighted by Gasteiger charge is 2.22. The molecule has 0 radical (unpaired) electrons. The van der Waals surface area contributed by atoms with Crippen LogP contribution >= 0.6 is 0 Å². The maximum Gasteiger partial charge on any atom is 0.0852 e. The lowest BCUT2D eigenvalue weighted by Crippen LogP contribution is -2.25. The highest BCUT2D eigenvalue weighted by atomic mass is 16.3. The smallest absolute Gasteiger partial charge is 0.0852 e. The molecule has 1 saturated carbocycles. The standard InChI is InChI=1S/C11H19N3O/c1-14-8-10(12-13-14)7-11(15)9-5-3-2-4-6-9/h8-9,11,15H,2-7H2,1H3. The molecule has 1 fully saturated rings. The van der Waals surface area contributed by atoms with Gasteiger partial charge in [0.1, 0.15) is 0 Å². The second-order valence-corrected chi connectivity index (χ2v) is 4.55. The molecule has 1 unspecified atom stereocenters. The van der Waals surface area contributed by atoms with Crippen LogP contribution in [-0.2, 0) is 13.5 Å². The van der Waals surface area contributed by atoms with Crippen LogP contribution in [-0.4, -0.2) is 26.2 Å². The molecule has 1 N–H and O–H groups in total. The molecule has 0 aromatic carbocycles. The molecule has 1 aliphatic rings. The van der Waals surface area contributed by atoms with E-state index in [4.69, 9.17) is 0 Å². The van der Waals surface area contributed by atoms with E-state index in [1.165, 1.54) is 32.1 Å². The van der Waals surface area contributed by atoms with Crippen LogP contribution in [0.2, 0.25) is 0 Å². The van der Waals surface area contributed by atoms with Crippen LogP contribution in [0.1, 0.15) is 37.8 Å². The number of hydrogen-bond donors (Lipinski definition) is 1. The van der Waals surface area contributed by atoms with E-state index < -0.39 is 0 Å². The van der Waals surface area contributed by atoms with Gasteiger partial charge in [0.25, 0.3) is 0 Å². The van der Waals surface area contributed by atoms with Gasteiger partial charge in [-0.05, 0) is 18.8 Å². The Balaban J connectivity index is 1.88. The average molecular weight is 209 g/mol. The third-order valence-corrected chi connectivity index (χ3v) is 3.26. The molecule has 0 saturated heterocycles. The lowest BCUT2D eigenvalue weighted by molar-refractivity contribution is 0.0842. The Hall–Kier alpha value is -0.900. The van der Waals surface area contributed by atoms with Gasteiger partial charge in [-0.2, -0.15) is 0 Å². The summed E-state index contributed by atoms with van der Waals surface area (Å²) in [6, 6.07) is 0. The van der Waals surface area contributed by atoms with Crippen molar-refractivity contribution in [3.05, 3.63) is 11.9 Å². The van der Waals surface area contributed by atoms with Gasteiger partial charge in [-0.25, -0.2) is 0 Å². The first-order valence-corrected chi connectivity index (χ1v) is 5.79. The maximum absolute atomic E-state index is 10.1. The first-order chi connectivity index (χ1) is 7.25. The molecule has 0 aliphatic heterocycles. The van der Waals surface area contributed by atoms with E-state index in [1.54, 1.807) is 4.68 Å². The van der Waals surface area contributed by atoms with E-state index in [0.29, 0.717) is 12.3 Å². The zero-order chi connectivity index (χ0) is 10.7. The van der Waals surface area contributed by atoms with Gasteiger partial charge in [0.15, 0.2) is 0 Å². The molecule has 1 heterocycles. The van der Waals surface area contributed by atoms with E-state index in [0.717, 1.165) is 5.69 Å². The number of hydrogen-bond acceptors (Lipinski definition) is 3. The molecule has 0 amide bonds. The second-order valence-electron chi connectivity index (χ2n) is 4.55. The van der Waals surface area contributed by atoms with Crippen molar-refractivity contribution in [2.45, 2.75) is 44.6 Å². The van der Waals surface area contributed by atoms with Gasteiger partial charge in [0.05, 0.1) is 11.8 Å². The van der Waals surface area contributed by atoms with Crippen molar-refractivity contribution in [2.24, 2.45) is 13.0 Å². The zero-order valence-corrected chi connectivity index (χ0v) is 9.26. The molecule has 15 heavy (non-hydrogen) atoms. The molecule has 84 valence electrons. The minimum absolute atomic E-state index is 0.234. The lowest BCUT2D eigenvalue weighted by atomic mass is 9.84. The van der Waals surface area contributed by atoms with Crippen molar-refractivity contribution in [1.29, 1.82) is 0 Å². The maximum atomic E-state index is 10.1. The molecular formula is C11H19N3O. The summed E-state index contributed by atoms with van der Waals surface area (Å²) in [5.41, 5.74) is 0.899. The normalized spacial score (nSPS) is 20.4. The summed E-state index contributed by atoms with van der Waals surface area (Å²) in [5, 5.41) is 17.9. The van der Waals surface area contributed by atoms with Gasteiger partial charge in [-0.3, -0.25) is 4.68 Å². The average Bonchev–Trinajstić information content (AvgIpc) is 2.65. The summed E-state index contributed by atoms with van der Waals surface area (Å²) in [5.74, 6) is 0.473. The van der Waals surface area contributed by atoms with Crippen LogP contribution in [0, 0.1) is 5.92 Å². The number of aromatic nitrogens is 3. The molecular weight excluding hydrogens is 190 g/mol.